The Hall–Kier alpha value is -2.19. The first kappa shape index (κ1) is 15.2. The number of hydrogen-bond acceptors (Lipinski definition) is 2. The maximum Gasteiger partial charge on any atom is 0.228 e. The molecule has 1 N–H and O–H groups in total. The number of benzene rings is 2. The molecule has 2 aromatic carbocycles. The Kier molecular flexibility index (Phi) is 4.71. The zero-order valence-electron chi connectivity index (χ0n) is 11.3. The molecule has 5 heteroatoms. The van der Waals surface area contributed by atoms with Gasteiger partial charge < -0.3 is 5.32 Å². The minimum absolute atomic E-state index is 0.169. The summed E-state index contributed by atoms with van der Waals surface area (Å²) in [6, 6.07) is 11.7. The molecule has 0 saturated carbocycles. The number of hydrogen-bond donors (Lipinski definition) is 1. The summed E-state index contributed by atoms with van der Waals surface area (Å²) in [7, 11) is 0. The molecule has 0 radical (unpaired) electrons. The molecule has 21 heavy (non-hydrogen) atoms. The van der Waals surface area contributed by atoms with Crippen LogP contribution in [-0.4, -0.2) is 5.91 Å². The number of carbonyl (C=O) groups excluding carboxylic acids is 1. The molecule has 0 bridgehead atoms. The Bertz CT molecular complexity index is 720. The Morgan fingerprint density at radius 1 is 1.33 bits per heavy atom. The molecule has 0 spiro atoms. The van der Waals surface area contributed by atoms with Crippen LogP contribution in [0.5, 0.6) is 0 Å². The van der Waals surface area contributed by atoms with Crippen LogP contribution in [0.25, 0.3) is 0 Å². The van der Waals surface area contributed by atoms with E-state index in [0.717, 1.165) is 11.1 Å². The van der Waals surface area contributed by atoms with Crippen molar-refractivity contribution >= 4 is 27.5 Å². The van der Waals surface area contributed by atoms with Gasteiger partial charge in [0.15, 0.2) is 0 Å². The van der Waals surface area contributed by atoms with Crippen LogP contribution >= 0.6 is 15.9 Å². The maximum absolute atomic E-state index is 13.5. The number of rotatable bonds is 3. The minimum Gasteiger partial charge on any atom is -0.325 e. The fourth-order valence-corrected chi connectivity index (χ4v) is 2.32. The number of nitrogens with zero attached hydrogens (tertiary/aromatic N) is 1. The number of nitriles is 1. The van der Waals surface area contributed by atoms with E-state index in [0.29, 0.717) is 15.7 Å². The molecule has 2 rings (SSSR count). The zero-order valence-corrected chi connectivity index (χ0v) is 12.9. The van der Waals surface area contributed by atoms with Crippen molar-refractivity contribution in [2.45, 2.75) is 13.3 Å². The quantitative estimate of drug-likeness (QED) is 0.914. The van der Waals surface area contributed by atoms with E-state index in [1.54, 1.807) is 37.3 Å². The second kappa shape index (κ2) is 6.51. The topological polar surface area (TPSA) is 52.9 Å². The van der Waals surface area contributed by atoms with Gasteiger partial charge in [-0.25, -0.2) is 4.39 Å². The van der Waals surface area contributed by atoms with Crippen LogP contribution in [0.15, 0.2) is 40.9 Å². The van der Waals surface area contributed by atoms with E-state index in [-0.39, 0.29) is 12.3 Å². The van der Waals surface area contributed by atoms with Gasteiger partial charge in [-0.05, 0) is 58.2 Å². The summed E-state index contributed by atoms with van der Waals surface area (Å²) in [5.74, 6) is -0.654. The van der Waals surface area contributed by atoms with Crippen LogP contribution in [0, 0.1) is 24.1 Å². The van der Waals surface area contributed by atoms with E-state index in [2.05, 4.69) is 21.2 Å². The smallest absolute Gasteiger partial charge is 0.228 e. The van der Waals surface area contributed by atoms with Crippen molar-refractivity contribution in [1.29, 1.82) is 5.26 Å². The van der Waals surface area contributed by atoms with E-state index >= 15 is 0 Å². The summed E-state index contributed by atoms with van der Waals surface area (Å²) in [4.78, 5) is 12.0. The van der Waals surface area contributed by atoms with E-state index in [9.17, 15) is 9.18 Å². The van der Waals surface area contributed by atoms with Gasteiger partial charge in [0.05, 0.1) is 22.5 Å². The molecule has 0 aromatic heterocycles. The van der Waals surface area contributed by atoms with Crippen LogP contribution in [-0.2, 0) is 11.2 Å². The van der Waals surface area contributed by atoms with E-state index in [4.69, 9.17) is 5.26 Å². The Balaban J connectivity index is 2.08. The summed E-state index contributed by atoms with van der Waals surface area (Å²) < 4.78 is 13.9. The van der Waals surface area contributed by atoms with Crippen molar-refractivity contribution in [2.75, 3.05) is 5.32 Å². The van der Waals surface area contributed by atoms with Crippen molar-refractivity contribution in [3.05, 3.63) is 63.4 Å². The van der Waals surface area contributed by atoms with Crippen molar-refractivity contribution in [1.82, 2.24) is 0 Å². The lowest BCUT2D eigenvalue weighted by molar-refractivity contribution is -0.115. The number of aryl methyl sites for hydroxylation is 1. The molecule has 0 aliphatic carbocycles. The lowest BCUT2D eigenvalue weighted by Crippen LogP contribution is -2.15. The molecule has 3 nitrogen and oxygen atoms in total. The van der Waals surface area contributed by atoms with Crippen LogP contribution in [0.3, 0.4) is 0 Å². The number of amides is 1. The number of anilines is 1. The summed E-state index contributed by atoms with van der Waals surface area (Å²) in [6.07, 6.45) is 0.169. The Morgan fingerprint density at radius 3 is 2.62 bits per heavy atom. The molecule has 0 atom stereocenters. The minimum atomic E-state index is -0.422. The fourth-order valence-electron chi connectivity index (χ4n) is 1.86. The molecule has 0 unspecified atom stereocenters. The van der Waals surface area contributed by atoms with Crippen LogP contribution in [0.2, 0.25) is 0 Å². The van der Waals surface area contributed by atoms with E-state index in [1.807, 2.05) is 6.07 Å². The summed E-state index contributed by atoms with van der Waals surface area (Å²) >= 11 is 3.10. The van der Waals surface area contributed by atoms with Gasteiger partial charge in [0, 0.05) is 5.69 Å². The van der Waals surface area contributed by atoms with Gasteiger partial charge >= 0.3 is 0 Å². The zero-order chi connectivity index (χ0) is 15.4. The molecular formula is C16H12BrFN2O. The standard InChI is InChI=1S/C16H12BrFN2O/c1-10-6-13(17)14(18)8-15(10)20-16(21)7-11-2-4-12(9-19)5-3-11/h2-6,8H,7H2,1H3,(H,20,21). The van der Waals surface area contributed by atoms with E-state index < -0.39 is 5.82 Å². The molecule has 0 fully saturated rings. The predicted octanol–water partition coefficient (Wildman–Crippen LogP) is 3.95. The lowest BCUT2D eigenvalue weighted by atomic mass is 10.1. The van der Waals surface area contributed by atoms with Gasteiger partial charge in [0.1, 0.15) is 5.82 Å². The first-order valence-electron chi connectivity index (χ1n) is 6.24. The summed E-state index contributed by atoms with van der Waals surface area (Å²) in [5, 5.41) is 11.4. The molecule has 106 valence electrons. The third-order valence-corrected chi connectivity index (χ3v) is 3.60. The normalized spacial score (nSPS) is 10.0. The maximum atomic E-state index is 13.5. The van der Waals surface area contributed by atoms with Gasteiger partial charge in [-0.2, -0.15) is 5.26 Å². The summed E-state index contributed by atoms with van der Waals surface area (Å²) in [5.41, 5.74) is 2.57. The van der Waals surface area contributed by atoms with Gasteiger partial charge in [-0.1, -0.05) is 12.1 Å². The highest BCUT2D eigenvalue weighted by Gasteiger charge is 2.09. The van der Waals surface area contributed by atoms with Crippen molar-refractivity contribution < 1.29 is 9.18 Å². The number of carbonyl (C=O) groups is 1. The monoisotopic (exact) mass is 346 g/mol. The van der Waals surface area contributed by atoms with Gasteiger partial charge in [0.25, 0.3) is 0 Å². The predicted molar refractivity (Wildman–Crippen MR) is 82.3 cm³/mol. The largest absolute Gasteiger partial charge is 0.325 e. The Morgan fingerprint density at radius 2 is 2.00 bits per heavy atom. The van der Waals surface area contributed by atoms with Crippen LogP contribution < -0.4 is 5.32 Å². The van der Waals surface area contributed by atoms with Gasteiger partial charge in [0.2, 0.25) is 5.91 Å². The second-order valence-electron chi connectivity index (χ2n) is 4.61. The lowest BCUT2D eigenvalue weighted by Gasteiger charge is -2.09. The van der Waals surface area contributed by atoms with Crippen LogP contribution in [0.1, 0.15) is 16.7 Å². The molecule has 0 aliphatic rings. The molecule has 2 aromatic rings. The van der Waals surface area contributed by atoms with Crippen LogP contribution in [0.4, 0.5) is 10.1 Å². The van der Waals surface area contributed by atoms with Crippen molar-refractivity contribution in [2.24, 2.45) is 0 Å². The SMILES string of the molecule is Cc1cc(Br)c(F)cc1NC(=O)Cc1ccc(C#N)cc1. The molecule has 0 aliphatic heterocycles. The third kappa shape index (κ3) is 3.89. The second-order valence-corrected chi connectivity index (χ2v) is 5.47. The molecule has 1 amide bonds. The average molecular weight is 347 g/mol. The first-order chi connectivity index (χ1) is 9.99. The molecular weight excluding hydrogens is 335 g/mol. The fraction of sp³-hybridized carbons (Fsp3) is 0.125. The first-order valence-corrected chi connectivity index (χ1v) is 7.03. The highest BCUT2D eigenvalue weighted by atomic mass is 79.9. The molecule has 0 heterocycles. The summed E-state index contributed by atoms with van der Waals surface area (Å²) in [6.45, 7) is 1.79. The third-order valence-electron chi connectivity index (χ3n) is 2.99. The van der Waals surface area contributed by atoms with Gasteiger partial charge in [-0.3, -0.25) is 4.79 Å². The number of nitrogens with one attached hydrogen (secondary N) is 1. The molecule has 0 saturated heterocycles. The highest BCUT2D eigenvalue weighted by Crippen LogP contribution is 2.24. The van der Waals surface area contributed by atoms with Crippen molar-refractivity contribution in [3.8, 4) is 6.07 Å². The average Bonchev–Trinajstić information content (AvgIpc) is 2.45. The Labute approximate surface area is 130 Å². The highest BCUT2D eigenvalue weighted by molar-refractivity contribution is 9.10. The van der Waals surface area contributed by atoms with Crippen molar-refractivity contribution in [3.63, 3.8) is 0 Å². The van der Waals surface area contributed by atoms with Gasteiger partial charge in [-0.15, -0.1) is 0 Å². The van der Waals surface area contributed by atoms with E-state index in [1.165, 1.54) is 6.07 Å². The number of halogens is 2.